The summed E-state index contributed by atoms with van der Waals surface area (Å²) in [4.78, 5) is 25.4. The maximum absolute atomic E-state index is 13.0. The van der Waals surface area contributed by atoms with Crippen molar-refractivity contribution < 1.29 is 0 Å². The maximum Gasteiger partial charge on any atom is 0.331 e. The average Bonchev–Trinajstić information content (AvgIpc) is 3.35. The number of aromatic nitrogens is 6. The second-order valence-electron chi connectivity index (χ2n) is 7.74. The van der Waals surface area contributed by atoms with Crippen LogP contribution in [0.4, 0.5) is 0 Å². The van der Waals surface area contributed by atoms with Crippen LogP contribution in [0.5, 0.6) is 0 Å². The molecule has 0 amide bonds. The molecule has 2 heterocycles. The lowest BCUT2D eigenvalue weighted by molar-refractivity contribution is 0.546. The second kappa shape index (κ2) is 9.55. The Hall–Kier alpha value is -3.81. The molecule has 4 aromatic rings. The minimum absolute atomic E-state index is 0.217. The van der Waals surface area contributed by atoms with Crippen molar-refractivity contribution in [2.75, 3.05) is 0 Å². The molecular formula is C24H26N6O2. The molecule has 0 atom stereocenters. The van der Waals surface area contributed by atoms with Crippen LogP contribution in [0, 0.1) is 0 Å². The Balaban J connectivity index is 1.68. The van der Waals surface area contributed by atoms with E-state index in [-0.39, 0.29) is 11.2 Å². The summed E-state index contributed by atoms with van der Waals surface area (Å²) in [5.41, 5.74) is 4.27. The fraction of sp³-hybridized carbons (Fsp3) is 0.292. The third kappa shape index (κ3) is 4.30. The maximum atomic E-state index is 13.0. The highest BCUT2D eigenvalue weighted by molar-refractivity contribution is 5.80. The summed E-state index contributed by atoms with van der Waals surface area (Å²) in [7, 11) is 0. The summed E-state index contributed by atoms with van der Waals surface area (Å²) in [6.45, 7) is 4.85. The van der Waals surface area contributed by atoms with Gasteiger partial charge in [-0.2, -0.15) is 0 Å². The number of hydrogen-bond donors (Lipinski definition) is 1. The van der Waals surface area contributed by atoms with Crippen LogP contribution in [0.1, 0.15) is 37.9 Å². The molecule has 0 aliphatic heterocycles. The number of aromatic amines is 1. The topological polar surface area (TPSA) is 98.5 Å². The van der Waals surface area contributed by atoms with Gasteiger partial charge in [0.25, 0.3) is 5.56 Å². The number of rotatable bonds is 8. The van der Waals surface area contributed by atoms with Gasteiger partial charge in [0.1, 0.15) is 0 Å². The Morgan fingerprint density at radius 1 is 0.906 bits per heavy atom. The average molecular weight is 431 g/mol. The molecule has 0 unspecified atom stereocenters. The first-order valence-corrected chi connectivity index (χ1v) is 10.9. The summed E-state index contributed by atoms with van der Waals surface area (Å²) in [5, 5.41) is 14.2. The van der Waals surface area contributed by atoms with E-state index in [9.17, 15) is 9.59 Å². The summed E-state index contributed by atoms with van der Waals surface area (Å²) < 4.78 is 3.05. The lowest BCUT2D eigenvalue weighted by atomic mass is 9.98. The molecule has 0 saturated heterocycles. The van der Waals surface area contributed by atoms with Crippen LogP contribution in [0.25, 0.3) is 22.5 Å². The predicted octanol–water partition coefficient (Wildman–Crippen LogP) is 3.27. The van der Waals surface area contributed by atoms with Crippen molar-refractivity contribution in [3.05, 3.63) is 86.7 Å². The Labute approximate surface area is 185 Å². The molecule has 8 heteroatoms. The van der Waals surface area contributed by atoms with E-state index >= 15 is 0 Å². The Morgan fingerprint density at radius 3 is 2.31 bits per heavy atom. The highest BCUT2D eigenvalue weighted by Crippen LogP contribution is 2.29. The van der Waals surface area contributed by atoms with Crippen LogP contribution >= 0.6 is 0 Å². The first kappa shape index (κ1) is 21.4. The minimum atomic E-state index is -0.241. The molecule has 0 spiro atoms. The van der Waals surface area contributed by atoms with Gasteiger partial charge in [-0.1, -0.05) is 68.8 Å². The van der Waals surface area contributed by atoms with E-state index in [1.165, 1.54) is 4.57 Å². The molecule has 0 fully saturated rings. The van der Waals surface area contributed by atoms with Crippen molar-refractivity contribution in [2.24, 2.45) is 0 Å². The zero-order chi connectivity index (χ0) is 22.5. The number of hydrogen-bond acceptors (Lipinski definition) is 5. The molecule has 4 rings (SSSR count). The Morgan fingerprint density at radius 2 is 1.66 bits per heavy atom. The van der Waals surface area contributed by atoms with E-state index in [1.807, 2.05) is 62.4 Å². The summed E-state index contributed by atoms with van der Waals surface area (Å²) in [6, 6.07) is 17.6. The molecule has 0 aliphatic rings. The first-order valence-electron chi connectivity index (χ1n) is 10.9. The molecule has 0 bridgehead atoms. The highest BCUT2D eigenvalue weighted by atomic mass is 16.2. The number of H-pyrrole nitrogens is 1. The summed E-state index contributed by atoms with van der Waals surface area (Å²) in [6.07, 6.45) is 2.29. The van der Waals surface area contributed by atoms with Gasteiger partial charge in [0.05, 0.1) is 6.54 Å². The predicted molar refractivity (Wildman–Crippen MR) is 123 cm³/mol. The van der Waals surface area contributed by atoms with E-state index in [4.69, 9.17) is 0 Å². The van der Waals surface area contributed by atoms with E-state index in [1.54, 1.807) is 10.6 Å². The van der Waals surface area contributed by atoms with Crippen molar-refractivity contribution >= 4 is 0 Å². The number of nitrogens with one attached hydrogen (secondary N) is 1. The molecule has 32 heavy (non-hydrogen) atoms. The van der Waals surface area contributed by atoms with Crippen LogP contribution < -0.4 is 11.2 Å². The molecule has 2 aromatic heterocycles. The van der Waals surface area contributed by atoms with Crippen LogP contribution in [-0.4, -0.2) is 29.8 Å². The van der Waals surface area contributed by atoms with E-state index in [0.717, 1.165) is 40.8 Å². The Kier molecular flexibility index (Phi) is 6.39. The van der Waals surface area contributed by atoms with Crippen LogP contribution in [0.3, 0.4) is 0 Å². The smallest absolute Gasteiger partial charge is 0.293 e. The Bertz CT molecular complexity index is 1300. The fourth-order valence-electron chi connectivity index (χ4n) is 3.91. The summed E-state index contributed by atoms with van der Waals surface area (Å²) in [5.74, 6) is 0.610. The third-order valence-electron chi connectivity index (χ3n) is 5.45. The number of benzene rings is 2. The SMILES string of the molecule is CCCc1cc(=O)n(CCC)c(=O)n1Cc1ccc(-c2ccccc2-c2nnn[nH]2)cc1. The molecule has 8 nitrogen and oxygen atoms in total. The van der Waals surface area contributed by atoms with Gasteiger partial charge in [-0.15, -0.1) is 5.10 Å². The quantitative estimate of drug-likeness (QED) is 0.463. The molecular weight excluding hydrogens is 404 g/mol. The van der Waals surface area contributed by atoms with Crippen LogP contribution in [0.15, 0.2) is 64.2 Å². The van der Waals surface area contributed by atoms with Gasteiger partial charge in [-0.25, -0.2) is 9.89 Å². The molecule has 2 aromatic carbocycles. The highest BCUT2D eigenvalue weighted by Gasteiger charge is 2.13. The lowest BCUT2D eigenvalue weighted by Gasteiger charge is -2.15. The van der Waals surface area contributed by atoms with E-state index in [0.29, 0.717) is 25.3 Å². The second-order valence-corrected chi connectivity index (χ2v) is 7.74. The van der Waals surface area contributed by atoms with Crippen LogP contribution in [-0.2, 0) is 19.5 Å². The van der Waals surface area contributed by atoms with Crippen molar-refractivity contribution in [1.82, 2.24) is 29.8 Å². The van der Waals surface area contributed by atoms with Gasteiger partial charge in [0.2, 0.25) is 0 Å². The minimum Gasteiger partial charge on any atom is -0.293 e. The molecule has 1 N–H and O–H groups in total. The summed E-state index contributed by atoms with van der Waals surface area (Å²) >= 11 is 0. The zero-order valence-corrected chi connectivity index (χ0v) is 18.3. The fourth-order valence-corrected chi connectivity index (χ4v) is 3.91. The molecule has 164 valence electrons. The van der Waals surface area contributed by atoms with Crippen LogP contribution in [0.2, 0.25) is 0 Å². The van der Waals surface area contributed by atoms with Crippen molar-refractivity contribution in [3.8, 4) is 22.5 Å². The first-order chi connectivity index (χ1) is 15.6. The van der Waals surface area contributed by atoms with Gasteiger partial charge >= 0.3 is 5.69 Å². The van der Waals surface area contributed by atoms with Crippen molar-refractivity contribution in [3.63, 3.8) is 0 Å². The molecule has 0 radical (unpaired) electrons. The third-order valence-corrected chi connectivity index (χ3v) is 5.45. The van der Waals surface area contributed by atoms with Gasteiger partial charge in [-0.3, -0.25) is 13.9 Å². The number of nitrogens with zero attached hydrogens (tertiary/aromatic N) is 5. The lowest BCUT2D eigenvalue weighted by Crippen LogP contribution is -2.41. The van der Waals surface area contributed by atoms with Crippen molar-refractivity contribution in [1.29, 1.82) is 0 Å². The molecule has 0 aliphatic carbocycles. The van der Waals surface area contributed by atoms with Crippen molar-refractivity contribution in [2.45, 2.75) is 46.2 Å². The van der Waals surface area contributed by atoms with Gasteiger partial charge < -0.3 is 0 Å². The largest absolute Gasteiger partial charge is 0.331 e. The zero-order valence-electron chi connectivity index (χ0n) is 18.3. The van der Waals surface area contributed by atoms with Gasteiger partial charge in [0, 0.05) is 23.9 Å². The number of aryl methyl sites for hydroxylation is 1. The number of tetrazole rings is 1. The van der Waals surface area contributed by atoms with Gasteiger partial charge in [0.15, 0.2) is 5.82 Å². The van der Waals surface area contributed by atoms with E-state index < -0.39 is 0 Å². The molecule has 0 saturated carbocycles. The monoisotopic (exact) mass is 430 g/mol. The van der Waals surface area contributed by atoms with Gasteiger partial charge in [-0.05, 0) is 40.0 Å². The normalized spacial score (nSPS) is 11.1. The van der Waals surface area contributed by atoms with E-state index in [2.05, 4.69) is 20.6 Å². The standard InChI is InChI=1S/C24H26N6O2/c1-3-7-19-15-22(31)29(14-4-2)24(32)30(19)16-17-10-12-18(13-11-17)20-8-5-6-9-21(20)23-25-27-28-26-23/h5-6,8-13,15H,3-4,7,14,16H2,1-2H3,(H,25,26,27,28).